The summed E-state index contributed by atoms with van der Waals surface area (Å²) in [5.41, 5.74) is 4.64. The van der Waals surface area contributed by atoms with Crippen molar-refractivity contribution in [2.24, 2.45) is 0 Å². The van der Waals surface area contributed by atoms with E-state index in [0.29, 0.717) is 14.7 Å². The second-order valence-corrected chi connectivity index (χ2v) is 7.08. The zero-order valence-electron chi connectivity index (χ0n) is 12.2. The molecule has 0 fully saturated rings. The van der Waals surface area contributed by atoms with Crippen molar-refractivity contribution in [1.29, 1.82) is 0 Å². The van der Waals surface area contributed by atoms with Crippen molar-refractivity contribution < 1.29 is 0 Å². The number of para-hydroxylation sites is 1. The number of hydrogen-bond acceptors (Lipinski definition) is 3. The van der Waals surface area contributed by atoms with Crippen LogP contribution in [-0.2, 0) is 6.42 Å². The van der Waals surface area contributed by atoms with Crippen LogP contribution in [0.1, 0.15) is 12.5 Å². The summed E-state index contributed by atoms with van der Waals surface area (Å²) in [7, 11) is 0. The quantitative estimate of drug-likeness (QED) is 0.534. The summed E-state index contributed by atoms with van der Waals surface area (Å²) < 4.78 is 3.23. The summed E-state index contributed by atoms with van der Waals surface area (Å²) >= 11 is 0.307. The SMILES string of the molecule is CCc1cccc(Nc2c(Nc3ccccc3)n3nc2[se]3)c1. The molecule has 0 radical (unpaired) electrons. The van der Waals surface area contributed by atoms with Gasteiger partial charge in [-0.2, -0.15) is 0 Å². The maximum atomic E-state index is 4.51. The summed E-state index contributed by atoms with van der Waals surface area (Å²) in [6.45, 7) is 2.17. The first-order valence-corrected chi connectivity index (χ1v) is 8.95. The molecule has 0 amide bonds. The molecule has 2 aromatic carbocycles. The Bertz CT molecular complexity index is 863. The van der Waals surface area contributed by atoms with E-state index in [9.17, 15) is 0 Å². The van der Waals surface area contributed by atoms with Gasteiger partial charge in [-0.1, -0.05) is 0 Å². The molecular weight excluding hydrogens is 339 g/mol. The average Bonchev–Trinajstić information content (AvgIpc) is 3.00. The molecule has 22 heavy (non-hydrogen) atoms. The van der Waals surface area contributed by atoms with Crippen LogP contribution in [0.15, 0.2) is 54.6 Å². The van der Waals surface area contributed by atoms with Crippen molar-refractivity contribution in [3.8, 4) is 0 Å². The Balaban J connectivity index is 1.63. The van der Waals surface area contributed by atoms with Gasteiger partial charge in [0, 0.05) is 0 Å². The van der Waals surface area contributed by atoms with Crippen LogP contribution in [-0.4, -0.2) is 23.3 Å². The molecule has 0 saturated carbocycles. The van der Waals surface area contributed by atoms with Gasteiger partial charge in [0.2, 0.25) is 0 Å². The molecule has 0 aliphatic heterocycles. The van der Waals surface area contributed by atoms with Gasteiger partial charge in [-0.3, -0.25) is 0 Å². The summed E-state index contributed by atoms with van der Waals surface area (Å²) in [6.07, 6.45) is 1.04. The Morgan fingerprint density at radius 2 is 1.77 bits per heavy atom. The van der Waals surface area contributed by atoms with Gasteiger partial charge in [-0.25, -0.2) is 0 Å². The summed E-state index contributed by atoms with van der Waals surface area (Å²) in [5, 5.41) is 11.5. The molecule has 110 valence electrons. The van der Waals surface area contributed by atoms with E-state index >= 15 is 0 Å². The normalized spacial score (nSPS) is 11.1. The van der Waals surface area contributed by atoms with Crippen molar-refractivity contribution in [2.45, 2.75) is 13.3 Å². The fraction of sp³-hybridized carbons (Fsp3) is 0.118. The van der Waals surface area contributed by atoms with Crippen LogP contribution < -0.4 is 10.6 Å². The minimum atomic E-state index is 0.307. The summed E-state index contributed by atoms with van der Waals surface area (Å²) in [4.78, 5) is 0. The van der Waals surface area contributed by atoms with E-state index in [4.69, 9.17) is 0 Å². The number of fused-ring (bicyclic) bond motifs is 1. The van der Waals surface area contributed by atoms with Crippen molar-refractivity contribution in [1.82, 2.24) is 8.61 Å². The number of benzene rings is 2. The van der Waals surface area contributed by atoms with Gasteiger partial charge in [0.05, 0.1) is 0 Å². The van der Waals surface area contributed by atoms with Crippen LogP contribution in [0.3, 0.4) is 0 Å². The van der Waals surface area contributed by atoms with Crippen LogP contribution in [0.4, 0.5) is 22.9 Å². The molecule has 0 aliphatic rings. The van der Waals surface area contributed by atoms with Crippen LogP contribution in [0.25, 0.3) is 4.39 Å². The third-order valence-electron chi connectivity index (χ3n) is 3.64. The predicted octanol–water partition coefficient (Wildman–Crippen LogP) is 3.88. The molecular formula is C17H16N4Se. The Labute approximate surface area is 135 Å². The van der Waals surface area contributed by atoms with Gasteiger partial charge in [-0.15, -0.1) is 0 Å². The topological polar surface area (TPSA) is 41.4 Å². The molecule has 4 nitrogen and oxygen atoms in total. The molecule has 5 rings (SSSR count). The minimum absolute atomic E-state index is 0.307. The monoisotopic (exact) mass is 356 g/mol. The first kappa shape index (κ1) is 13.4. The van der Waals surface area contributed by atoms with Crippen LogP contribution in [0.5, 0.6) is 0 Å². The molecule has 0 aliphatic carbocycles. The number of nitrogens with one attached hydrogen (secondary N) is 2. The fourth-order valence-corrected chi connectivity index (χ4v) is 4.04. The van der Waals surface area contributed by atoms with E-state index in [1.165, 1.54) is 9.95 Å². The van der Waals surface area contributed by atoms with Crippen LogP contribution in [0.2, 0.25) is 0 Å². The van der Waals surface area contributed by atoms with Gasteiger partial charge >= 0.3 is 135 Å². The number of nitrogens with zero attached hydrogens (tertiary/aromatic N) is 2. The van der Waals surface area contributed by atoms with Crippen LogP contribution >= 0.6 is 0 Å². The van der Waals surface area contributed by atoms with Crippen LogP contribution in [0, 0.1) is 0 Å². The first-order valence-electron chi connectivity index (χ1n) is 7.33. The molecule has 0 unspecified atom stereocenters. The van der Waals surface area contributed by atoms with E-state index in [1.807, 2.05) is 18.2 Å². The molecule has 2 bridgehead atoms. The predicted molar refractivity (Wildman–Crippen MR) is 92.1 cm³/mol. The number of aromatic nitrogens is 2. The van der Waals surface area contributed by atoms with Crippen molar-refractivity contribution in [2.75, 3.05) is 10.6 Å². The second-order valence-electron chi connectivity index (χ2n) is 5.16. The van der Waals surface area contributed by atoms with E-state index < -0.39 is 0 Å². The summed E-state index contributed by atoms with van der Waals surface area (Å²) in [5.74, 6) is 1.06. The molecule has 5 aromatic rings. The zero-order chi connectivity index (χ0) is 14.9. The average molecular weight is 355 g/mol. The summed E-state index contributed by atoms with van der Waals surface area (Å²) in [6, 6.07) is 18.8. The Hall–Kier alpha value is -2.23. The molecule has 0 saturated heterocycles. The number of anilines is 4. The van der Waals surface area contributed by atoms with Gasteiger partial charge in [0.1, 0.15) is 0 Å². The third kappa shape index (κ3) is 2.39. The number of hydrogen-bond donors (Lipinski definition) is 2. The molecule has 0 spiro atoms. The van der Waals surface area contributed by atoms with Gasteiger partial charge in [-0.05, 0) is 0 Å². The first-order chi connectivity index (χ1) is 10.8. The number of rotatable bonds is 5. The molecule has 3 aromatic heterocycles. The van der Waals surface area contributed by atoms with E-state index in [-0.39, 0.29) is 0 Å². The molecule has 3 heterocycles. The second kappa shape index (κ2) is 5.52. The zero-order valence-corrected chi connectivity index (χ0v) is 13.9. The fourth-order valence-electron chi connectivity index (χ4n) is 2.45. The Morgan fingerprint density at radius 1 is 1.00 bits per heavy atom. The molecule has 2 N–H and O–H groups in total. The molecule has 0 atom stereocenters. The van der Waals surface area contributed by atoms with E-state index in [2.05, 4.69) is 62.6 Å². The van der Waals surface area contributed by atoms with Gasteiger partial charge < -0.3 is 0 Å². The van der Waals surface area contributed by atoms with E-state index in [1.54, 1.807) is 0 Å². The molecule has 5 heteroatoms. The number of aryl methyl sites for hydroxylation is 1. The standard InChI is InChI=1S/C17H16N4Se/c1-2-12-7-6-10-14(11-12)18-15-16(21-20-17(15)22-21)19-13-8-4-3-5-9-13/h3-11,18-19H,2H2,1H3. The van der Waals surface area contributed by atoms with Gasteiger partial charge in [0.25, 0.3) is 0 Å². The maximum absolute atomic E-state index is 4.51. The Kier molecular flexibility index (Phi) is 3.37. The van der Waals surface area contributed by atoms with Crippen molar-refractivity contribution in [3.63, 3.8) is 0 Å². The van der Waals surface area contributed by atoms with Gasteiger partial charge in [0.15, 0.2) is 0 Å². The Morgan fingerprint density at radius 3 is 2.55 bits per heavy atom. The van der Waals surface area contributed by atoms with Crippen molar-refractivity contribution in [3.05, 3.63) is 60.2 Å². The third-order valence-corrected chi connectivity index (χ3v) is 5.52. The van der Waals surface area contributed by atoms with E-state index in [0.717, 1.165) is 29.3 Å². The van der Waals surface area contributed by atoms with Crippen molar-refractivity contribution >= 4 is 42.0 Å².